The number of likely N-dealkylation sites (tertiary alicyclic amines) is 2. The van der Waals surface area contributed by atoms with Crippen molar-refractivity contribution >= 4 is 51.9 Å². The van der Waals surface area contributed by atoms with E-state index in [-0.39, 0.29) is 39.2 Å². The summed E-state index contributed by atoms with van der Waals surface area (Å²) in [5, 5.41) is 5.86. The van der Waals surface area contributed by atoms with Crippen molar-refractivity contribution in [3.8, 4) is 0 Å². The Bertz CT molecular complexity index is 1440. The highest BCUT2D eigenvalue weighted by atomic mass is 127. The molecule has 0 aromatic heterocycles. The van der Waals surface area contributed by atoms with Crippen molar-refractivity contribution in [2.45, 2.75) is 62.8 Å². The van der Waals surface area contributed by atoms with Gasteiger partial charge in [0.2, 0.25) is 5.91 Å². The fourth-order valence-corrected chi connectivity index (χ4v) is 7.33. The normalized spacial score (nSPS) is 19.0. The zero-order valence-corrected chi connectivity index (χ0v) is 28.2. The van der Waals surface area contributed by atoms with Gasteiger partial charge in [0.1, 0.15) is 6.04 Å². The van der Waals surface area contributed by atoms with E-state index in [1.54, 1.807) is 32.4 Å². The monoisotopic (exact) mass is 755 g/mol. The first-order valence-corrected chi connectivity index (χ1v) is 16.7. The van der Waals surface area contributed by atoms with Crippen molar-refractivity contribution in [1.29, 1.82) is 0 Å². The van der Waals surface area contributed by atoms with E-state index >= 15 is 0 Å². The average Bonchev–Trinajstić information content (AvgIpc) is 3.19. The zero-order valence-electron chi connectivity index (χ0n) is 26.1. The van der Waals surface area contributed by atoms with Crippen LogP contribution in [0.2, 0.25) is 0 Å². The number of rotatable bonds is 6. The number of hydrogen-bond donors (Lipinski definition) is 3. The fraction of sp³-hybridized carbons (Fsp3) is 0.531. The molecule has 2 aromatic rings. The maximum atomic E-state index is 13.8. The summed E-state index contributed by atoms with van der Waals surface area (Å²) in [6, 6.07) is 8.84. The van der Waals surface area contributed by atoms with Crippen LogP contribution in [0.1, 0.15) is 42.4 Å². The van der Waals surface area contributed by atoms with Crippen LogP contribution in [-0.2, 0) is 23.8 Å². The molecule has 0 bridgehead atoms. The molecule has 1 atom stereocenters. The van der Waals surface area contributed by atoms with Crippen LogP contribution in [0.25, 0.3) is 0 Å². The molecule has 250 valence electrons. The molecule has 5 rings (SSSR count). The average molecular weight is 756 g/mol. The van der Waals surface area contributed by atoms with Gasteiger partial charge in [0.05, 0.1) is 11.3 Å². The molecule has 4 N–H and O–H groups in total. The van der Waals surface area contributed by atoms with E-state index < -0.39 is 23.8 Å². The standard InChI is InChI=1S/C32H41F3IN7O3/c1-40(2)22-8-12-41(13-9-22)29(44)27(19-20-17-24(32(33,34)35)28(37)25(36)18-20)39-30(45)42-14-10-23(11-15-42)43-16-7-21-5-3-4-6-26(21)38-31(43)46/h3-6,17-18,22-23,27H,7-16,19,37H2,1-2H3,(H,38,46)(H,39,45)/t27-/m1/s1. The third-order valence-corrected chi connectivity index (χ3v) is 10.3. The lowest BCUT2D eigenvalue weighted by Crippen LogP contribution is -2.57. The predicted octanol–water partition coefficient (Wildman–Crippen LogP) is 4.62. The molecule has 10 nitrogen and oxygen atoms in total. The summed E-state index contributed by atoms with van der Waals surface area (Å²) in [4.78, 5) is 47.7. The number of piperidine rings is 2. The molecule has 2 aromatic carbocycles. The third-order valence-electron chi connectivity index (χ3n) is 9.37. The first kappa shape index (κ1) is 34.1. The van der Waals surface area contributed by atoms with Crippen LogP contribution in [0.3, 0.4) is 0 Å². The molecule has 0 spiro atoms. The van der Waals surface area contributed by atoms with Crippen molar-refractivity contribution in [2.24, 2.45) is 0 Å². The number of nitrogens with one attached hydrogen (secondary N) is 2. The lowest BCUT2D eigenvalue weighted by Gasteiger charge is -2.39. The molecule has 46 heavy (non-hydrogen) atoms. The molecule has 2 saturated heterocycles. The SMILES string of the molecule is CN(C)C1CCN(C(=O)[C@@H](Cc2cc(I)c(N)c(C(F)(F)F)c2)NC(=O)N2CCC(N3CCc4ccccc4NC3=O)CC2)CC1. The lowest BCUT2D eigenvalue weighted by atomic mass is 9.99. The van der Waals surface area contributed by atoms with Gasteiger partial charge in [-0.25, -0.2) is 9.59 Å². The number of fused-ring (bicyclic) bond motifs is 1. The molecule has 0 unspecified atom stereocenters. The van der Waals surface area contributed by atoms with Crippen LogP contribution in [0.4, 0.5) is 34.1 Å². The summed E-state index contributed by atoms with van der Waals surface area (Å²) in [7, 11) is 3.99. The molecule has 2 fully saturated rings. The number of para-hydroxylation sites is 1. The minimum absolute atomic E-state index is 0.0496. The van der Waals surface area contributed by atoms with E-state index in [1.807, 2.05) is 43.3 Å². The van der Waals surface area contributed by atoms with Crippen LogP contribution < -0.4 is 16.4 Å². The maximum Gasteiger partial charge on any atom is 0.418 e. The van der Waals surface area contributed by atoms with E-state index in [9.17, 15) is 27.6 Å². The molecular formula is C32H41F3IN7O3. The number of alkyl halides is 3. The number of carbonyl (C=O) groups is 3. The van der Waals surface area contributed by atoms with E-state index in [1.165, 1.54) is 6.07 Å². The summed E-state index contributed by atoms with van der Waals surface area (Å²) in [6.07, 6.45) is -1.37. The van der Waals surface area contributed by atoms with E-state index in [2.05, 4.69) is 15.5 Å². The summed E-state index contributed by atoms with van der Waals surface area (Å²) >= 11 is 1.76. The van der Waals surface area contributed by atoms with Gasteiger partial charge in [-0.2, -0.15) is 13.2 Å². The van der Waals surface area contributed by atoms with Crippen molar-refractivity contribution in [3.05, 3.63) is 56.7 Å². The van der Waals surface area contributed by atoms with Gasteiger partial charge < -0.3 is 36.0 Å². The highest BCUT2D eigenvalue weighted by Gasteiger charge is 2.37. The largest absolute Gasteiger partial charge is 0.418 e. The molecule has 0 aliphatic carbocycles. The topological polar surface area (TPSA) is 114 Å². The Morgan fingerprint density at radius 3 is 2.35 bits per heavy atom. The van der Waals surface area contributed by atoms with Crippen LogP contribution in [0, 0.1) is 3.57 Å². The molecule has 3 aliphatic heterocycles. The summed E-state index contributed by atoms with van der Waals surface area (Å²) in [6.45, 7) is 2.31. The Labute approximate surface area is 280 Å². The number of hydrogen-bond acceptors (Lipinski definition) is 5. The van der Waals surface area contributed by atoms with Crippen LogP contribution in [0.15, 0.2) is 36.4 Å². The Morgan fingerprint density at radius 2 is 1.70 bits per heavy atom. The minimum Gasteiger partial charge on any atom is -0.397 e. The molecule has 0 radical (unpaired) electrons. The van der Waals surface area contributed by atoms with Gasteiger partial charge >= 0.3 is 18.2 Å². The molecule has 0 saturated carbocycles. The zero-order chi connectivity index (χ0) is 33.2. The fourth-order valence-electron chi connectivity index (χ4n) is 6.64. The number of halogens is 4. The van der Waals surface area contributed by atoms with E-state index in [0.717, 1.165) is 36.6 Å². The summed E-state index contributed by atoms with van der Waals surface area (Å²) < 4.78 is 41.5. The van der Waals surface area contributed by atoms with Gasteiger partial charge in [-0.1, -0.05) is 18.2 Å². The van der Waals surface area contributed by atoms with Crippen LogP contribution >= 0.6 is 22.6 Å². The minimum atomic E-state index is -4.66. The second kappa shape index (κ2) is 14.2. The number of nitrogens with two attached hydrogens (primary N) is 1. The van der Waals surface area contributed by atoms with Gasteiger partial charge in [0.15, 0.2) is 0 Å². The van der Waals surface area contributed by atoms with Gasteiger partial charge in [0.25, 0.3) is 0 Å². The smallest absolute Gasteiger partial charge is 0.397 e. The maximum absolute atomic E-state index is 13.8. The van der Waals surface area contributed by atoms with Crippen molar-refractivity contribution in [3.63, 3.8) is 0 Å². The van der Waals surface area contributed by atoms with Crippen molar-refractivity contribution < 1.29 is 27.6 Å². The second-order valence-electron chi connectivity index (χ2n) is 12.5. The second-order valence-corrected chi connectivity index (χ2v) is 13.7. The van der Waals surface area contributed by atoms with Gasteiger partial charge in [-0.15, -0.1) is 0 Å². The van der Waals surface area contributed by atoms with Crippen molar-refractivity contribution in [2.75, 3.05) is 57.9 Å². The summed E-state index contributed by atoms with van der Waals surface area (Å²) in [5.74, 6) is -0.318. The van der Waals surface area contributed by atoms with E-state index in [0.29, 0.717) is 51.6 Å². The van der Waals surface area contributed by atoms with Gasteiger partial charge in [-0.3, -0.25) is 4.79 Å². The number of urea groups is 2. The van der Waals surface area contributed by atoms with Crippen LogP contribution in [-0.4, -0.2) is 103 Å². The lowest BCUT2D eigenvalue weighted by molar-refractivity contribution is -0.137. The number of nitrogens with zero attached hydrogens (tertiary/aromatic N) is 4. The highest BCUT2D eigenvalue weighted by Crippen LogP contribution is 2.37. The molecule has 3 heterocycles. The van der Waals surface area contributed by atoms with Crippen LogP contribution in [0.5, 0.6) is 0 Å². The number of anilines is 2. The molecular weight excluding hydrogens is 714 g/mol. The van der Waals surface area contributed by atoms with Gasteiger partial charge in [0, 0.05) is 60.5 Å². The number of benzene rings is 2. The predicted molar refractivity (Wildman–Crippen MR) is 178 cm³/mol. The Kier molecular flexibility index (Phi) is 10.5. The number of nitrogen functional groups attached to an aromatic ring is 1. The Morgan fingerprint density at radius 1 is 1.04 bits per heavy atom. The Balaban J connectivity index is 1.27. The first-order valence-electron chi connectivity index (χ1n) is 15.6. The Hall–Kier alpha value is -3.27. The first-order chi connectivity index (χ1) is 21.8. The molecule has 3 aliphatic rings. The van der Waals surface area contributed by atoms with Crippen molar-refractivity contribution in [1.82, 2.24) is 24.9 Å². The number of carbonyl (C=O) groups excluding carboxylic acids is 3. The van der Waals surface area contributed by atoms with Gasteiger partial charge in [-0.05, 0) is 98.1 Å². The molecule has 14 heteroatoms. The molecule has 5 amide bonds. The summed E-state index contributed by atoms with van der Waals surface area (Å²) in [5.41, 5.74) is 6.59. The quantitative estimate of drug-likeness (QED) is 0.295. The van der Waals surface area contributed by atoms with E-state index in [4.69, 9.17) is 5.73 Å². The number of amides is 5. The third kappa shape index (κ3) is 7.81. The highest BCUT2D eigenvalue weighted by molar-refractivity contribution is 14.1.